The van der Waals surface area contributed by atoms with E-state index in [0.717, 1.165) is 6.42 Å². The van der Waals surface area contributed by atoms with Gasteiger partial charge in [-0.15, -0.1) is 0 Å². The fourth-order valence-corrected chi connectivity index (χ4v) is 0. The molecular weight excluding hydrogens is 340 g/mol. The van der Waals surface area contributed by atoms with Crippen molar-refractivity contribution in [2.24, 2.45) is 0 Å². The molecule has 0 fully saturated rings. The molecular formula is C3H8Br3OTi. The van der Waals surface area contributed by atoms with Gasteiger partial charge in [0.25, 0.3) is 0 Å². The van der Waals surface area contributed by atoms with Crippen LogP contribution in [0.4, 0.5) is 0 Å². The molecule has 1 N–H and O–H groups in total. The van der Waals surface area contributed by atoms with E-state index in [9.17, 15) is 0 Å². The summed E-state index contributed by atoms with van der Waals surface area (Å²) in [5.74, 6) is 0. The van der Waals surface area contributed by atoms with Crippen LogP contribution in [0.5, 0.6) is 0 Å². The van der Waals surface area contributed by atoms with E-state index in [4.69, 9.17) is 5.11 Å². The third-order valence-electron chi connectivity index (χ3n) is 0.224. The molecule has 0 saturated heterocycles. The number of hydrogen-bond donors (Lipinski definition) is 1. The van der Waals surface area contributed by atoms with E-state index >= 15 is 0 Å². The maximum atomic E-state index is 7.88. The summed E-state index contributed by atoms with van der Waals surface area (Å²) in [6, 6.07) is 0. The van der Waals surface area contributed by atoms with E-state index in [2.05, 4.69) is 39.5 Å². The van der Waals surface area contributed by atoms with Gasteiger partial charge in [0, 0.05) is 6.61 Å². The number of rotatable bonds is 1. The molecule has 0 rings (SSSR count). The Kier molecular flexibility index (Phi) is 18.9. The van der Waals surface area contributed by atoms with E-state index in [-0.39, 0.29) is 0 Å². The first-order chi connectivity index (χ1) is 3.65. The summed E-state index contributed by atoms with van der Waals surface area (Å²) in [5.41, 5.74) is 0. The van der Waals surface area contributed by atoms with Crippen molar-refractivity contribution in [1.29, 1.82) is 0 Å². The average molecular weight is 348 g/mol. The van der Waals surface area contributed by atoms with Gasteiger partial charge in [0.15, 0.2) is 0 Å². The van der Waals surface area contributed by atoms with Gasteiger partial charge in [-0.3, -0.25) is 0 Å². The summed E-state index contributed by atoms with van der Waals surface area (Å²) in [5, 5.41) is 7.88. The Morgan fingerprint density at radius 3 is 1.50 bits per heavy atom. The van der Waals surface area contributed by atoms with Crippen LogP contribution in [0.25, 0.3) is 0 Å². The van der Waals surface area contributed by atoms with E-state index in [1.54, 1.807) is 0 Å². The molecule has 0 aromatic carbocycles. The summed E-state index contributed by atoms with van der Waals surface area (Å²) < 4.78 is 0. The molecule has 0 unspecified atom stereocenters. The Hall–Kier alpha value is 2.11. The van der Waals surface area contributed by atoms with Crippen molar-refractivity contribution in [3.8, 4) is 0 Å². The predicted molar refractivity (Wildman–Crippen MR) is 44.2 cm³/mol. The molecule has 8 heavy (non-hydrogen) atoms. The van der Waals surface area contributed by atoms with Gasteiger partial charge >= 0.3 is 51.1 Å². The van der Waals surface area contributed by atoms with Crippen molar-refractivity contribution in [1.82, 2.24) is 0 Å². The monoisotopic (exact) mass is 345 g/mol. The van der Waals surface area contributed by atoms with Crippen LogP contribution in [0.3, 0.4) is 0 Å². The Bertz CT molecular complexity index is 31.0. The minimum absolute atomic E-state index is 0.319. The van der Waals surface area contributed by atoms with E-state index in [0.29, 0.717) is 6.61 Å². The summed E-state index contributed by atoms with van der Waals surface area (Å²) in [6.07, 6.45) is 0.875. The van der Waals surface area contributed by atoms with Crippen LogP contribution in [0.2, 0.25) is 0 Å². The fraction of sp³-hybridized carbons (Fsp3) is 1.00. The Morgan fingerprint density at radius 2 is 1.50 bits per heavy atom. The second-order valence-electron chi connectivity index (χ2n) is 0.938. The first kappa shape index (κ1) is 12.8. The summed E-state index contributed by atoms with van der Waals surface area (Å²) >= 11 is 8.92. The zero-order chi connectivity index (χ0) is 6.99. The standard InChI is InChI=1S/C3H8O.3BrH.Ti/c1-2-3-4;;;;/h4H,2-3H2,1H3;3*1H;/q;;;;+3/p-3. The summed E-state index contributed by atoms with van der Waals surface area (Å²) in [7, 11) is 0. The van der Waals surface area contributed by atoms with Crippen molar-refractivity contribution < 1.29 is 16.7 Å². The normalized spacial score (nSPS) is 7.12. The SMILES string of the molecule is CCCO.[Br][Ti]([Br])[Br]. The number of hydrogen-bond acceptors (Lipinski definition) is 1. The Morgan fingerprint density at radius 1 is 1.38 bits per heavy atom. The van der Waals surface area contributed by atoms with Gasteiger partial charge in [-0.25, -0.2) is 0 Å². The van der Waals surface area contributed by atoms with Gasteiger partial charge in [-0.2, -0.15) is 0 Å². The van der Waals surface area contributed by atoms with Gasteiger partial charge in [0.2, 0.25) is 0 Å². The number of aliphatic hydroxyl groups excluding tert-OH is 1. The Labute approximate surface area is 75.2 Å². The second kappa shape index (κ2) is 11.9. The zero-order valence-corrected chi connectivity index (χ0v) is 10.8. The van der Waals surface area contributed by atoms with Gasteiger partial charge in [-0.1, -0.05) is 6.92 Å². The number of halogens is 3. The molecule has 0 bridgehead atoms. The Balaban J connectivity index is 0. The van der Waals surface area contributed by atoms with Crippen LogP contribution in [0, 0.1) is 0 Å². The van der Waals surface area contributed by atoms with Crippen LogP contribution in [0.15, 0.2) is 0 Å². The van der Waals surface area contributed by atoms with Crippen molar-refractivity contribution in [3.63, 3.8) is 0 Å². The minimum atomic E-state index is -0.896. The van der Waals surface area contributed by atoms with Gasteiger partial charge < -0.3 is 5.11 Å². The average Bonchev–Trinajstić information content (AvgIpc) is 1.65. The van der Waals surface area contributed by atoms with Crippen molar-refractivity contribution in [3.05, 3.63) is 0 Å². The molecule has 0 aliphatic carbocycles. The van der Waals surface area contributed by atoms with Gasteiger partial charge in [-0.05, 0) is 6.42 Å². The predicted octanol–water partition coefficient (Wildman–Crippen LogP) is 2.92. The molecule has 0 radical (unpaired) electrons. The van der Waals surface area contributed by atoms with Crippen molar-refractivity contribution in [2.75, 3.05) is 6.61 Å². The molecule has 51 valence electrons. The van der Waals surface area contributed by atoms with Gasteiger partial charge in [0.1, 0.15) is 0 Å². The van der Waals surface area contributed by atoms with Crippen molar-refractivity contribution >= 4 is 39.5 Å². The molecule has 0 aromatic heterocycles. The first-order valence-corrected chi connectivity index (χ1v) is 13.7. The van der Waals surface area contributed by atoms with Crippen LogP contribution >= 0.6 is 39.5 Å². The van der Waals surface area contributed by atoms with Crippen molar-refractivity contribution in [2.45, 2.75) is 13.3 Å². The molecule has 0 aliphatic rings. The molecule has 0 saturated carbocycles. The number of aliphatic hydroxyl groups is 1. The van der Waals surface area contributed by atoms with Crippen LogP contribution in [-0.2, 0) is 11.6 Å². The first-order valence-electron chi connectivity index (χ1n) is 2.09. The van der Waals surface area contributed by atoms with E-state index in [1.807, 2.05) is 6.92 Å². The summed E-state index contributed by atoms with van der Waals surface area (Å²) in [6.45, 7) is 2.25. The second-order valence-corrected chi connectivity index (χ2v) is 24.6. The third kappa shape index (κ3) is 42.3. The third-order valence-corrected chi connectivity index (χ3v) is 0.224. The van der Waals surface area contributed by atoms with Crippen LogP contribution in [-0.4, -0.2) is 11.7 Å². The fourth-order valence-electron chi connectivity index (χ4n) is 0. The quantitative estimate of drug-likeness (QED) is 0.723. The maximum absolute atomic E-state index is 7.88. The summed E-state index contributed by atoms with van der Waals surface area (Å²) in [4.78, 5) is 0. The molecule has 0 heterocycles. The molecule has 5 heteroatoms. The van der Waals surface area contributed by atoms with Crippen LogP contribution < -0.4 is 0 Å². The molecule has 1 nitrogen and oxygen atoms in total. The van der Waals surface area contributed by atoms with E-state index < -0.39 is 11.6 Å². The molecule has 0 spiro atoms. The molecule has 0 aliphatic heterocycles. The zero-order valence-electron chi connectivity index (χ0n) is 4.50. The molecule has 0 aromatic rings. The molecule has 0 atom stereocenters. The van der Waals surface area contributed by atoms with Crippen LogP contribution in [0.1, 0.15) is 13.3 Å². The topological polar surface area (TPSA) is 20.2 Å². The molecule has 0 amide bonds. The van der Waals surface area contributed by atoms with Gasteiger partial charge in [0.05, 0.1) is 0 Å². The van der Waals surface area contributed by atoms with E-state index in [1.165, 1.54) is 0 Å².